The van der Waals surface area contributed by atoms with E-state index in [2.05, 4.69) is 46.3 Å². The minimum absolute atomic E-state index is 0.873. The van der Waals surface area contributed by atoms with Crippen LogP contribution in [0.15, 0.2) is 24.3 Å². The molecule has 0 spiro atoms. The van der Waals surface area contributed by atoms with Crippen molar-refractivity contribution < 1.29 is 0 Å². The molecule has 5 rings (SSSR count). The van der Waals surface area contributed by atoms with Crippen LogP contribution < -0.4 is 10.2 Å². The van der Waals surface area contributed by atoms with Crippen LogP contribution in [0.1, 0.15) is 68.9 Å². The fraction of sp³-hybridized carbons (Fsp3) is 0.667. The summed E-state index contributed by atoms with van der Waals surface area (Å²) in [7, 11) is 0. The summed E-state index contributed by atoms with van der Waals surface area (Å²) in [4.78, 5) is 11.5. The van der Waals surface area contributed by atoms with E-state index < -0.39 is 0 Å². The summed E-state index contributed by atoms with van der Waals surface area (Å²) in [5.41, 5.74) is 3.79. The number of pyridine rings is 1. The highest BCUT2D eigenvalue weighted by Crippen LogP contribution is 2.29. The predicted octanol–water partition coefficient (Wildman–Crippen LogP) is 5.94. The van der Waals surface area contributed by atoms with Gasteiger partial charge in [-0.3, -0.25) is 4.90 Å². The second-order valence-electron chi connectivity index (χ2n) is 11.4. The molecule has 2 aliphatic heterocycles. The van der Waals surface area contributed by atoms with Crippen LogP contribution in [0.4, 0.5) is 5.82 Å². The zero-order valence-corrected chi connectivity index (χ0v) is 22.6. The number of rotatable bonds is 9. The van der Waals surface area contributed by atoms with Crippen molar-refractivity contribution >= 4 is 33.8 Å². The number of benzene rings is 1. The summed E-state index contributed by atoms with van der Waals surface area (Å²) in [6.45, 7) is 10.4. The lowest BCUT2D eigenvalue weighted by Gasteiger charge is -2.38. The molecule has 4 nitrogen and oxygen atoms in total. The van der Waals surface area contributed by atoms with Crippen molar-refractivity contribution in [2.45, 2.75) is 71.1 Å². The highest BCUT2D eigenvalue weighted by atomic mass is 32.1. The molecule has 0 unspecified atom stereocenters. The Morgan fingerprint density at radius 3 is 2.54 bits per heavy atom. The first-order chi connectivity index (χ1) is 17.1. The number of nitrogens with one attached hydrogen (secondary N) is 1. The van der Waals surface area contributed by atoms with Crippen LogP contribution in [-0.2, 0) is 6.42 Å². The largest absolute Gasteiger partial charge is 0.354 e. The van der Waals surface area contributed by atoms with E-state index in [1.54, 1.807) is 0 Å². The average Bonchev–Trinajstić information content (AvgIpc) is 3.39. The van der Waals surface area contributed by atoms with E-state index in [1.807, 2.05) is 0 Å². The lowest BCUT2D eigenvalue weighted by atomic mass is 9.97. The average molecular weight is 493 g/mol. The summed E-state index contributed by atoms with van der Waals surface area (Å²) in [6, 6.07) is 9.10. The smallest absolute Gasteiger partial charge is 0.129 e. The Morgan fingerprint density at radius 1 is 1.00 bits per heavy atom. The molecule has 1 saturated carbocycles. The van der Waals surface area contributed by atoms with E-state index in [0.717, 1.165) is 62.2 Å². The van der Waals surface area contributed by atoms with Gasteiger partial charge in [0, 0.05) is 44.5 Å². The second-order valence-corrected chi connectivity index (χ2v) is 12.0. The number of nitrogens with zero attached hydrogens (tertiary/aromatic N) is 3. The third kappa shape index (κ3) is 6.81. The lowest BCUT2D eigenvalue weighted by molar-refractivity contribution is 0.196. The van der Waals surface area contributed by atoms with E-state index >= 15 is 0 Å². The minimum Gasteiger partial charge on any atom is -0.354 e. The maximum absolute atomic E-state index is 5.77. The molecule has 3 aliphatic rings. The maximum Gasteiger partial charge on any atom is 0.129 e. The first-order valence-electron chi connectivity index (χ1n) is 14.2. The summed E-state index contributed by atoms with van der Waals surface area (Å²) in [6.07, 6.45) is 13.1. The standard InChI is InChI=1S/C30H44N4S/c1-23-19-30(34-17-15-33(16-18-34)22-25-11-13-31-14-12-25)32-29-10-9-26(21-28(23)29)20-27(35)8-4-7-24-5-2-3-6-24/h9-10,19,21,24-25,31H,2-8,11-18,20,22H2,1H3. The van der Waals surface area contributed by atoms with Crippen molar-refractivity contribution in [1.29, 1.82) is 0 Å². The van der Waals surface area contributed by atoms with Crippen molar-refractivity contribution in [3.05, 3.63) is 35.4 Å². The molecular weight excluding hydrogens is 448 g/mol. The molecule has 0 radical (unpaired) electrons. The molecule has 3 heterocycles. The van der Waals surface area contributed by atoms with Gasteiger partial charge in [0.2, 0.25) is 0 Å². The summed E-state index contributed by atoms with van der Waals surface area (Å²) in [5.74, 6) is 2.99. The highest BCUT2D eigenvalue weighted by Gasteiger charge is 2.22. The fourth-order valence-corrected chi connectivity index (χ4v) is 6.80. The number of thiocarbonyl (C=S) groups is 1. The quantitative estimate of drug-likeness (QED) is 0.438. The van der Waals surface area contributed by atoms with Gasteiger partial charge in [0.1, 0.15) is 5.82 Å². The van der Waals surface area contributed by atoms with Gasteiger partial charge in [0.25, 0.3) is 0 Å². The third-order valence-corrected chi connectivity index (χ3v) is 9.03. The number of fused-ring (bicyclic) bond motifs is 1. The number of anilines is 1. The number of piperazine rings is 1. The Morgan fingerprint density at radius 2 is 1.77 bits per heavy atom. The van der Waals surface area contributed by atoms with Crippen LogP contribution >= 0.6 is 12.2 Å². The summed E-state index contributed by atoms with van der Waals surface area (Å²) >= 11 is 5.77. The third-order valence-electron chi connectivity index (χ3n) is 8.68. The van der Waals surface area contributed by atoms with Crippen LogP contribution in [0.2, 0.25) is 0 Å². The van der Waals surface area contributed by atoms with Gasteiger partial charge in [-0.2, -0.15) is 0 Å². The van der Waals surface area contributed by atoms with Gasteiger partial charge in [0.15, 0.2) is 0 Å². The molecule has 0 bridgehead atoms. The Bertz CT molecular complexity index is 985. The Balaban J connectivity index is 1.15. The zero-order chi connectivity index (χ0) is 24.0. The molecule has 1 aromatic carbocycles. The van der Waals surface area contributed by atoms with Gasteiger partial charge in [-0.05, 0) is 91.7 Å². The molecule has 0 amide bonds. The molecule has 190 valence electrons. The molecular formula is C30H44N4S. The number of aryl methyl sites for hydroxylation is 1. The number of hydrogen-bond acceptors (Lipinski definition) is 5. The Hall–Kier alpha value is -1.56. The molecule has 3 fully saturated rings. The molecule has 0 atom stereocenters. The van der Waals surface area contributed by atoms with Crippen molar-refractivity contribution in [3.63, 3.8) is 0 Å². The number of aromatic nitrogens is 1. The van der Waals surface area contributed by atoms with E-state index in [4.69, 9.17) is 17.2 Å². The molecule has 5 heteroatoms. The lowest BCUT2D eigenvalue weighted by Crippen LogP contribution is -2.48. The van der Waals surface area contributed by atoms with Gasteiger partial charge in [0.05, 0.1) is 5.52 Å². The summed E-state index contributed by atoms with van der Waals surface area (Å²) < 4.78 is 0. The zero-order valence-electron chi connectivity index (χ0n) is 21.7. The van der Waals surface area contributed by atoms with Gasteiger partial charge in [-0.15, -0.1) is 0 Å². The van der Waals surface area contributed by atoms with Gasteiger partial charge >= 0.3 is 0 Å². The number of piperidine rings is 1. The van der Waals surface area contributed by atoms with Gasteiger partial charge < -0.3 is 10.2 Å². The Kier molecular flexibility index (Phi) is 8.69. The first kappa shape index (κ1) is 25.1. The molecule has 1 aliphatic carbocycles. The van der Waals surface area contributed by atoms with Crippen LogP contribution in [-0.4, -0.2) is 60.6 Å². The molecule has 35 heavy (non-hydrogen) atoms. The van der Waals surface area contributed by atoms with Crippen LogP contribution in [0, 0.1) is 18.8 Å². The van der Waals surface area contributed by atoms with E-state index in [0.29, 0.717) is 0 Å². The number of hydrogen-bond donors (Lipinski definition) is 1. The molecule has 2 saturated heterocycles. The van der Waals surface area contributed by atoms with Gasteiger partial charge in [-0.25, -0.2) is 4.98 Å². The van der Waals surface area contributed by atoms with Gasteiger partial charge in [-0.1, -0.05) is 50.4 Å². The second kappa shape index (κ2) is 12.1. The summed E-state index contributed by atoms with van der Waals surface area (Å²) in [5, 5.41) is 4.77. The van der Waals surface area contributed by atoms with Crippen molar-refractivity contribution in [2.24, 2.45) is 11.8 Å². The normalized spacial score (nSPS) is 20.7. The maximum atomic E-state index is 5.77. The van der Waals surface area contributed by atoms with Crippen molar-refractivity contribution in [1.82, 2.24) is 15.2 Å². The topological polar surface area (TPSA) is 31.4 Å². The minimum atomic E-state index is 0.873. The van der Waals surface area contributed by atoms with Crippen molar-refractivity contribution in [3.8, 4) is 0 Å². The molecule has 1 aromatic heterocycles. The highest BCUT2D eigenvalue weighted by molar-refractivity contribution is 7.80. The van der Waals surface area contributed by atoms with Crippen molar-refractivity contribution in [2.75, 3.05) is 50.7 Å². The van der Waals surface area contributed by atoms with Crippen LogP contribution in [0.3, 0.4) is 0 Å². The van der Waals surface area contributed by atoms with E-state index in [9.17, 15) is 0 Å². The molecule has 2 aromatic rings. The molecule has 1 N–H and O–H groups in total. The Labute approximate surface area is 217 Å². The fourth-order valence-electron chi connectivity index (χ4n) is 6.49. The monoisotopic (exact) mass is 492 g/mol. The van der Waals surface area contributed by atoms with Crippen LogP contribution in [0.25, 0.3) is 10.9 Å². The van der Waals surface area contributed by atoms with E-state index in [-0.39, 0.29) is 0 Å². The van der Waals surface area contributed by atoms with E-state index in [1.165, 1.54) is 92.4 Å². The first-order valence-corrected chi connectivity index (χ1v) is 14.6. The predicted molar refractivity (Wildman–Crippen MR) is 153 cm³/mol. The SMILES string of the molecule is Cc1cc(N2CCN(CC3CCNCC3)CC2)nc2ccc(CC(=S)CCCC3CCCC3)cc12. The van der Waals surface area contributed by atoms with Crippen LogP contribution in [0.5, 0.6) is 0 Å².